The second kappa shape index (κ2) is 6.88. The van der Waals surface area contributed by atoms with Crippen LogP contribution in [-0.4, -0.2) is 36.1 Å². The fourth-order valence-corrected chi connectivity index (χ4v) is 2.00. The molecule has 19 heavy (non-hydrogen) atoms. The number of rotatable bonds is 5. The number of nitrogens with zero attached hydrogens (tertiary/aromatic N) is 2. The van der Waals surface area contributed by atoms with Crippen molar-refractivity contribution in [1.29, 1.82) is 0 Å². The van der Waals surface area contributed by atoms with Gasteiger partial charge in [0.05, 0.1) is 6.61 Å². The van der Waals surface area contributed by atoms with E-state index in [1.165, 1.54) is 0 Å². The van der Waals surface area contributed by atoms with Gasteiger partial charge < -0.3 is 19.9 Å². The highest BCUT2D eigenvalue weighted by Crippen LogP contribution is 2.25. The lowest BCUT2D eigenvalue weighted by Gasteiger charge is -2.22. The summed E-state index contributed by atoms with van der Waals surface area (Å²) in [7, 11) is 0. The zero-order chi connectivity index (χ0) is 13.7. The molecule has 0 amide bonds. The number of hydrogen-bond donors (Lipinski definition) is 1. The van der Waals surface area contributed by atoms with Crippen LogP contribution in [0.15, 0.2) is 0 Å². The molecule has 1 aromatic rings. The quantitative estimate of drug-likeness (QED) is 0.658. The second-order valence-corrected chi connectivity index (χ2v) is 4.65. The van der Waals surface area contributed by atoms with Gasteiger partial charge in [-0.25, -0.2) is 4.98 Å². The summed E-state index contributed by atoms with van der Waals surface area (Å²) in [5.41, 5.74) is 5.98. The Labute approximate surface area is 117 Å². The van der Waals surface area contributed by atoms with Crippen LogP contribution in [0, 0.1) is 6.92 Å². The molecule has 0 aliphatic carbocycles. The summed E-state index contributed by atoms with van der Waals surface area (Å²) in [6.45, 7) is 3.26. The number of hydrogen-bond acceptors (Lipinski definition) is 6. The van der Waals surface area contributed by atoms with E-state index in [1.54, 1.807) is 6.92 Å². The third-order valence-corrected chi connectivity index (χ3v) is 3.03. The molecular weight excluding hydrogens is 270 g/mol. The van der Waals surface area contributed by atoms with E-state index in [0.29, 0.717) is 24.9 Å². The topological polar surface area (TPSA) is 79.5 Å². The largest absolute Gasteiger partial charge is 0.474 e. The molecule has 0 spiro atoms. The molecule has 106 valence electrons. The van der Waals surface area contributed by atoms with E-state index < -0.39 is 0 Å². The lowest BCUT2D eigenvalue weighted by atomic mass is 10.2. The molecule has 0 aromatic carbocycles. The average molecular weight is 288 g/mol. The smallest absolute Gasteiger partial charge is 0.242 e. The Kier molecular flexibility index (Phi) is 5.18. The third-order valence-electron chi connectivity index (χ3n) is 2.74. The van der Waals surface area contributed by atoms with Gasteiger partial charge in [-0.3, -0.25) is 0 Å². The van der Waals surface area contributed by atoms with Crippen LogP contribution in [0.4, 0.5) is 5.69 Å². The van der Waals surface area contributed by atoms with Crippen LogP contribution in [-0.2, 0) is 9.47 Å². The molecule has 2 rings (SSSR count). The molecule has 1 fully saturated rings. The Morgan fingerprint density at radius 1 is 1.37 bits per heavy atom. The Morgan fingerprint density at radius 3 is 2.95 bits per heavy atom. The maximum Gasteiger partial charge on any atom is 0.242 e. The maximum absolute atomic E-state index is 5.85. The van der Waals surface area contributed by atoms with E-state index in [4.69, 9.17) is 31.5 Å². The van der Waals surface area contributed by atoms with Crippen molar-refractivity contribution in [3.05, 3.63) is 11.0 Å². The lowest BCUT2D eigenvalue weighted by molar-refractivity contribution is -0.165. The molecule has 6 nitrogen and oxygen atoms in total. The van der Waals surface area contributed by atoms with Gasteiger partial charge in [0.2, 0.25) is 5.88 Å². The van der Waals surface area contributed by atoms with Crippen molar-refractivity contribution in [2.75, 3.05) is 25.6 Å². The fourth-order valence-electron chi connectivity index (χ4n) is 1.79. The van der Waals surface area contributed by atoms with Crippen LogP contribution in [0.3, 0.4) is 0 Å². The minimum atomic E-state index is -0.120. The van der Waals surface area contributed by atoms with E-state index in [-0.39, 0.29) is 17.1 Å². The average Bonchev–Trinajstić information content (AvgIpc) is 2.41. The molecule has 1 atom stereocenters. The van der Waals surface area contributed by atoms with E-state index >= 15 is 0 Å². The van der Waals surface area contributed by atoms with Crippen LogP contribution in [0.1, 0.15) is 25.1 Å². The maximum atomic E-state index is 5.85. The van der Waals surface area contributed by atoms with Crippen LogP contribution < -0.4 is 10.5 Å². The second-order valence-electron chi connectivity index (χ2n) is 4.30. The van der Waals surface area contributed by atoms with Gasteiger partial charge in [-0.05, 0) is 26.2 Å². The summed E-state index contributed by atoms with van der Waals surface area (Å²) < 4.78 is 16.4. The first-order valence-corrected chi connectivity index (χ1v) is 6.70. The number of ether oxygens (including phenoxy) is 3. The van der Waals surface area contributed by atoms with Gasteiger partial charge in [-0.2, -0.15) is 4.98 Å². The first-order valence-electron chi connectivity index (χ1n) is 6.32. The lowest BCUT2D eigenvalue weighted by Crippen LogP contribution is -2.24. The molecule has 1 saturated heterocycles. The molecule has 2 N–H and O–H groups in total. The number of anilines is 1. The predicted molar refractivity (Wildman–Crippen MR) is 71.2 cm³/mol. The van der Waals surface area contributed by atoms with Crippen LogP contribution in [0.25, 0.3) is 0 Å². The number of aryl methyl sites for hydroxylation is 1. The van der Waals surface area contributed by atoms with Gasteiger partial charge in [0.1, 0.15) is 18.1 Å². The van der Waals surface area contributed by atoms with Crippen molar-refractivity contribution < 1.29 is 14.2 Å². The number of nitrogens with two attached hydrogens (primary N) is 1. The molecule has 1 aliphatic heterocycles. The van der Waals surface area contributed by atoms with Crippen molar-refractivity contribution in [3.8, 4) is 5.88 Å². The van der Waals surface area contributed by atoms with Crippen molar-refractivity contribution in [1.82, 2.24) is 9.97 Å². The Hall–Kier alpha value is -1.11. The summed E-state index contributed by atoms with van der Waals surface area (Å²) >= 11 is 5.85. The van der Waals surface area contributed by atoms with Crippen LogP contribution in [0.2, 0.25) is 5.15 Å². The van der Waals surface area contributed by atoms with E-state index in [9.17, 15) is 0 Å². The minimum Gasteiger partial charge on any atom is -0.474 e. The molecule has 1 aromatic heterocycles. The highest BCUT2D eigenvalue weighted by atomic mass is 35.5. The van der Waals surface area contributed by atoms with Crippen molar-refractivity contribution in [2.24, 2.45) is 0 Å². The van der Waals surface area contributed by atoms with Gasteiger partial charge in [0.15, 0.2) is 11.4 Å². The Bertz CT molecular complexity index is 425. The van der Waals surface area contributed by atoms with Crippen molar-refractivity contribution in [3.63, 3.8) is 0 Å². The molecule has 0 bridgehead atoms. The summed E-state index contributed by atoms with van der Waals surface area (Å²) in [6, 6.07) is 0. The van der Waals surface area contributed by atoms with E-state index in [2.05, 4.69) is 9.97 Å². The minimum absolute atomic E-state index is 0.120. The van der Waals surface area contributed by atoms with Gasteiger partial charge in [-0.15, -0.1) is 0 Å². The first-order chi connectivity index (χ1) is 9.16. The van der Waals surface area contributed by atoms with E-state index in [0.717, 1.165) is 25.9 Å². The van der Waals surface area contributed by atoms with Crippen molar-refractivity contribution >= 4 is 17.3 Å². The molecule has 1 unspecified atom stereocenters. The molecular formula is C12H18ClN3O3. The highest BCUT2D eigenvalue weighted by molar-refractivity contribution is 6.32. The van der Waals surface area contributed by atoms with Gasteiger partial charge in [-0.1, -0.05) is 11.6 Å². The molecule has 0 radical (unpaired) electrons. The zero-order valence-corrected chi connectivity index (χ0v) is 11.7. The molecule has 2 heterocycles. The van der Waals surface area contributed by atoms with Crippen LogP contribution >= 0.6 is 11.6 Å². The normalized spacial score (nSPS) is 19.4. The first kappa shape index (κ1) is 14.3. The van der Waals surface area contributed by atoms with E-state index in [1.807, 2.05) is 0 Å². The Balaban J connectivity index is 1.76. The van der Waals surface area contributed by atoms with Gasteiger partial charge >= 0.3 is 0 Å². The number of halogens is 1. The van der Waals surface area contributed by atoms with Crippen molar-refractivity contribution in [2.45, 2.75) is 32.5 Å². The summed E-state index contributed by atoms with van der Waals surface area (Å²) in [5, 5.41) is 0.207. The summed E-state index contributed by atoms with van der Waals surface area (Å²) in [6.07, 6.45) is 3.05. The predicted octanol–water partition coefficient (Wildman–Crippen LogP) is 1.94. The summed E-state index contributed by atoms with van der Waals surface area (Å²) in [4.78, 5) is 8.02. The van der Waals surface area contributed by atoms with Gasteiger partial charge in [0, 0.05) is 6.61 Å². The molecule has 1 aliphatic rings. The standard InChI is InChI=1S/C12H18ClN3O3/c1-8-15-11(13)10(14)12(16-8)19-7-6-18-9-4-2-3-5-17-9/h9H,2-7,14H2,1H3. The monoisotopic (exact) mass is 287 g/mol. The SMILES string of the molecule is Cc1nc(Cl)c(N)c(OCCOC2CCCCO2)n1. The van der Waals surface area contributed by atoms with Crippen LogP contribution in [0.5, 0.6) is 5.88 Å². The fraction of sp³-hybridized carbons (Fsp3) is 0.667. The number of aromatic nitrogens is 2. The molecule has 0 saturated carbocycles. The molecule has 7 heteroatoms. The Morgan fingerprint density at radius 2 is 2.21 bits per heavy atom. The zero-order valence-electron chi connectivity index (χ0n) is 10.9. The highest BCUT2D eigenvalue weighted by Gasteiger charge is 2.14. The third kappa shape index (κ3) is 4.19. The number of nitrogen functional groups attached to an aromatic ring is 1. The summed E-state index contributed by atoms with van der Waals surface area (Å²) in [5.74, 6) is 0.816. The van der Waals surface area contributed by atoms with Gasteiger partial charge in [0.25, 0.3) is 0 Å².